The molecule has 118 valence electrons. The zero-order valence-electron chi connectivity index (χ0n) is 12.1. The molecule has 0 spiro atoms. The van der Waals surface area contributed by atoms with Crippen LogP contribution in [-0.4, -0.2) is 36.9 Å². The lowest BCUT2D eigenvalue weighted by Gasteiger charge is -2.32. The standard InChI is InChI=1S/C15H21F3N2O/c1-2-20-9-5-7-13(11-20)19-10-12-6-3-4-8-14(12)21-15(16,17)18/h3-4,6,8,13,19H,2,5,7,9-11H2,1H3. The minimum Gasteiger partial charge on any atom is -0.405 e. The zero-order valence-corrected chi connectivity index (χ0v) is 12.1. The van der Waals surface area contributed by atoms with E-state index in [4.69, 9.17) is 0 Å². The monoisotopic (exact) mass is 302 g/mol. The summed E-state index contributed by atoms with van der Waals surface area (Å²) in [4.78, 5) is 2.35. The summed E-state index contributed by atoms with van der Waals surface area (Å²) in [7, 11) is 0. The fourth-order valence-corrected chi connectivity index (χ4v) is 2.64. The highest BCUT2D eigenvalue weighted by atomic mass is 19.4. The molecule has 1 aromatic rings. The average molecular weight is 302 g/mol. The Hall–Kier alpha value is -1.27. The fraction of sp³-hybridized carbons (Fsp3) is 0.600. The molecule has 3 nitrogen and oxygen atoms in total. The summed E-state index contributed by atoms with van der Waals surface area (Å²) in [5.41, 5.74) is 0.531. The largest absolute Gasteiger partial charge is 0.573 e. The molecule has 1 aliphatic heterocycles. The van der Waals surface area contributed by atoms with Crippen molar-refractivity contribution in [3.05, 3.63) is 29.8 Å². The van der Waals surface area contributed by atoms with Gasteiger partial charge in [0.1, 0.15) is 5.75 Å². The number of hydrogen-bond acceptors (Lipinski definition) is 3. The number of piperidine rings is 1. The van der Waals surface area contributed by atoms with E-state index < -0.39 is 6.36 Å². The minimum atomic E-state index is -4.65. The summed E-state index contributed by atoms with van der Waals surface area (Å²) in [5, 5.41) is 3.34. The second-order valence-corrected chi connectivity index (χ2v) is 5.27. The molecular weight excluding hydrogens is 281 g/mol. The highest BCUT2D eigenvalue weighted by Crippen LogP contribution is 2.26. The van der Waals surface area contributed by atoms with Crippen molar-refractivity contribution >= 4 is 0 Å². The van der Waals surface area contributed by atoms with Crippen LogP contribution in [0.4, 0.5) is 13.2 Å². The first kappa shape index (κ1) is 16.1. The Bertz CT molecular complexity index is 451. The SMILES string of the molecule is CCN1CCCC(NCc2ccccc2OC(F)(F)F)C1. The van der Waals surface area contributed by atoms with Crippen molar-refractivity contribution in [3.8, 4) is 5.75 Å². The van der Waals surface area contributed by atoms with E-state index in [1.165, 1.54) is 6.07 Å². The molecule has 21 heavy (non-hydrogen) atoms. The molecular formula is C15H21F3N2O. The van der Waals surface area contributed by atoms with Crippen LogP contribution < -0.4 is 10.1 Å². The lowest BCUT2D eigenvalue weighted by atomic mass is 10.1. The van der Waals surface area contributed by atoms with Crippen LogP contribution in [0, 0.1) is 0 Å². The Morgan fingerprint density at radius 1 is 1.33 bits per heavy atom. The van der Waals surface area contributed by atoms with Gasteiger partial charge in [-0.3, -0.25) is 0 Å². The van der Waals surface area contributed by atoms with E-state index in [2.05, 4.69) is 21.9 Å². The van der Waals surface area contributed by atoms with E-state index in [-0.39, 0.29) is 5.75 Å². The summed E-state index contributed by atoms with van der Waals surface area (Å²) < 4.78 is 41.2. The second-order valence-electron chi connectivity index (χ2n) is 5.27. The van der Waals surface area contributed by atoms with Crippen LogP contribution >= 0.6 is 0 Å². The Morgan fingerprint density at radius 3 is 2.81 bits per heavy atom. The van der Waals surface area contributed by atoms with Crippen molar-refractivity contribution in [2.24, 2.45) is 0 Å². The third-order valence-electron chi connectivity index (χ3n) is 3.73. The van der Waals surface area contributed by atoms with Crippen LogP contribution in [0.25, 0.3) is 0 Å². The molecule has 1 heterocycles. The van der Waals surface area contributed by atoms with Gasteiger partial charge in [-0.2, -0.15) is 0 Å². The molecule has 0 radical (unpaired) electrons. The minimum absolute atomic E-state index is 0.124. The number of nitrogens with one attached hydrogen (secondary N) is 1. The van der Waals surface area contributed by atoms with Gasteiger partial charge in [0.05, 0.1) is 0 Å². The van der Waals surface area contributed by atoms with Crippen molar-refractivity contribution in [1.82, 2.24) is 10.2 Å². The highest BCUT2D eigenvalue weighted by molar-refractivity contribution is 5.33. The van der Waals surface area contributed by atoms with Crippen LogP contribution in [0.5, 0.6) is 5.75 Å². The lowest BCUT2D eigenvalue weighted by Crippen LogP contribution is -2.45. The number of benzene rings is 1. The van der Waals surface area contributed by atoms with Gasteiger partial charge in [-0.05, 0) is 32.0 Å². The van der Waals surface area contributed by atoms with Gasteiger partial charge >= 0.3 is 6.36 Å². The number of likely N-dealkylation sites (N-methyl/N-ethyl adjacent to an activating group) is 1. The van der Waals surface area contributed by atoms with Crippen LogP contribution in [0.1, 0.15) is 25.3 Å². The maximum absolute atomic E-state index is 12.4. The second kappa shape index (κ2) is 7.13. The lowest BCUT2D eigenvalue weighted by molar-refractivity contribution is -0.274. The summed E-state index contributed by atoms with van der Waals surface area (Å²) in [6.45, 7) is 5.55. The molecule has 0 amide bonds. The van der Waals surface area contributed by atoms with Gasteiger partial charge < -0.3 is 15.0 Å². The molecule has 2 rings (SSSR count). The molecule has 1 fully saturated rings. The normalized spacial score (nSPS) is 20.5. The number of alkyl halides is 3. The van der Waals surface area contributed by atoms with E-state index in [9.17, 15) is 13.2 Å². The van der Waals surface area contributed by atoms with Crippen molar-refractivity contribution < 1.29 is 17.9 Å². The summed E-state index contributed by atoms with van der Waals surface area (Å²) in [6, 6.07) is 6.60. The fourth-order valence-electron chi connectivity index (χ4n) is 2.64. The van der Waals surface area contributed by atoms with Gasteiger partial charge in [-0.15, -0.1) is 13.2 Å². The molecule has 1 saturated heterocycles. The maximum atomic E-state index is 12.4. The first-order valence-corrected chi connectivity index (χ1v) is 7.27. The Balaban J connectivity index is 1.93. The van der Waals surface area contributed by atoms with Gasteiger partial charge in [-0.1, -0.05) is 25.1 Å². The topological polar surface area (TPSA) is 24.5 Å². The molecule has 0 saturated carbocycles. The van der Waals surface area contributed by atoms with Crippen LogP contribution in [0.15, 0.2) is 24.3 Å². The van der Waals surface area contributed by atoms with Crippen molar-refractivity contribution in [1.29, 1.82) is 0 Å². The summed E-state index contributed by atoms with van der Waals surface area (Å²) >= 11 is 0. The molecule has 0 aromatic heterocycles. The average Bonchev–Trinajstić information content (AvgIpc) is 2.45. The van der Waals surface area contributed by atoms with Crippen LogP contribution in [-0.2, 0) is 6.54 Å². The van der Waals surface area contributed by atoms with Gasteiger partial charge in [0.25, 0.3) is 0 Å². The number of nitrogens with zero attached hydrogens (tertiary/aromatic N) is 1. The molecule has 0 aliphatic carbocycles. The van der Waals surface area contributed by atoms with Crippen LogP contribution in [0.3, 0.4) is 0 Å². The summed E-state index contributed by atoms with van der Waals surface area (Å²) in [5.74, 6) is -0.124. The number of halogens is 3. The molecule has 1 aliphatic rings. The smallest absolute Gasteiger partial charge is 0.405 e. The van der Waals surface area contributed by atoms with E-state index in [0.29, 0.717) is 18.2 Å². The first-order chi connectivity index (χ1) is 9.98. The van der Waals surface area contributed by atoms with Gasteiger partial charge in [0.2, 0.25) is 0 Å². The number of hydrogen-bond donors (Lipinski definition) is 1. The molecule has 6 heteroatoms. The number of ether oxygens (including phenoxy) is 1. The maximum Gasteiger partial charge on any atom is 0.573 e. The van der Waals surface area contributed by atoms with Crippen molar-refractivity contribution in [3.63, 3.8) is 0 Å². The molecule has 1 atom stereocenters. The Kier molecular flexibility index (Phi) is 5.47. The predicted molar refractivity (Wildman–Crippen MR) is 75.1 cm³/mol. The predicted octanol–water partition coefficient (Wildman–Crippen LogP) is 3.16. The van der Waals surface area contributed by atoms with E-state index in [1.807, 2.05) is 0 Å². The first-order valence-electron chi connectivity index (χ1n) is 7.27. The van der Waals surface area contributed by atoms with Gasteiger partial charge in [-0.25, -0.2) is 0 Å². The molecule has 1 aromatic carbocycles. The van der Waals surface area contributed by atoms with Crippen molar-refractivity contribution in [2.45, 2.75) is 38.7 Å². The third-order valence-corrected chi connectivity index (χ3v) is 3.73. The number of para-hydroxylation sites is 1. The van der Waals surface area contributed by atoms with Crippen LogP contribution in [0.2, 0.25) is 0 Å². The summed E-state index contributed by atoms with van der Waals surface area (Å²) in [6.07, 6.45) is -2.48. The molecule has 1 N–H and O–H groups in total. The zero-order chi connectivity index (χ0) is 15.3. The van der Waals surface area contributed by atoms with Gasteiger partial charge in [0.15, 0.2) is 0 Å². The van der Waals surface area contributed by atoms with Crippen molar-refractivity contribution in [2.75, 3.05) is 19.6 Å². The van der Waals surface area contributed by atoms with E-state index in [0.717, 1.165) is 32.5 Å². The highest BCUT2D eigenvalue weighted by Gasteiger charge is 2.32. The number of rotatable bonds is 5. The van der Waals surface area contributed by atoms with Gasteiger partial charge in [0, 0.05) is 24.7 Å². The Morgan fingerprint density at radius 2 is 2.10 bits per heavy atom. The van der Waals surface area contributed by atoms with E-state index in [1.54, 1.807) is 18.2 Å². The third kappa shape index (κ3) is 5.21. The molecule has 1 unspecified atom stereocenters. The quantitative estimate of drug-likeness (QED) is 0.904. The molecule has 0 bridgehead atoms. The Labute approximate surface area is 123 Å². The number of likely N-dealkylation sites (tertiary alicyclic amines) is 1. The van der Waals surface area contributed by atoms with E-state index >= 15 is 0 Å².